The smallest absolute Gasteiger partial charge is 0.308 e. The summed E-state index contributed by atoms with van der Waals surface area (Å²) in [6.45, 7) is 8.82. The Morgan fingerprint density at radius 1 is 1.36 bits per heavy atom. The highest BCUT2D eigenvalue weighted by atomic mass is 32.1. The first-order chi connectivity index (χ1) is 11.9. The van der Waals surface area contributed by atoms with Crippen LogP contribution in [0.1, 0.15) is 37.6 Å². The minimum atomic E-state index is -0.308. The number of amides is 2. The lowest BCUT2D eigenvalue weighted by Crippen LogP contribution is -2.25. The number of thiazole rings is 1. The number of carbonyl (C=O) groups excluding carboxylic acids is 1. The Labute approximate surface area is 153 Å². The summed E-state index contributed by atoms with van der Waals surface area (Å²) in [5.41, 5.74) is 3.65. The number of aromatic nitrogens is 1. The van der Waals surface area contributed by atoms with Crippen molar-refractivity contribution in [2.24, 2.45) is 0 Å². The van der Waals surface area contributed by atoms with Crippen molar-refractivity contribution in [1.82, 2.24) is 9.88 Å². The molecule has 2 N–H and O–H groups in total. The highest BCUT2D eigenvalue weighted by Gasteiger charge is 2.10. The summed E-state index contributed by atoms with van der Waals surface area (Å²) in [7, 11) is 2.05. The minimum Gasteiger partial charge on any atom is -0.308 e. The maximum absolute atomic E-state index is 12.2. The van der Waals surface area contributed by atoms with Crippen molar-refractivity contribution in [1.29, 1.82) is 0 Å². The molecule has 0 bridgehead atoms. The molecule has 0 fully saturated rings. The van der Waals surface area contributed by atoms with Crippen LogP contribution in [0.15, 0.2) is 23.6 Å². The topological polar surface area (TPSA) is 57.3 Å². The summed E-state index contributed by atoms with van der Waals surface area (Å²) in [6, 6.07) is 5.82. The fourth-order valence-corrected chi connectivity index (χ4v) is 2.80. The van der Waals surface area contributed by atoms with Gasteiger partial charge in [0.25, 0.3) is 0 Å². The standard InChI is InChI=1S/C19H24N4OS/c1-6-7-15-10-16(9-8-14(15)4)20-18(24)22-19-21-17(12-25-19)11-23(5)13(2)3/h8-10,12-13H,11H2,1-5H3,(H2,20,21,22,24). The Kier molecular flexibility index (Phi) is 6.57. The number of benzene rings is 1. The molecule has 2 rings (SSSR count). The predicted octanol–water partition coefficient (Wildman–Crippen LogP) is 4.31. The van der Waals surface area contributed by atoms with Crippen molar-refractivity contribution in [2.45, 2.75) is 40.3 Å². The highest BCUT2D eigenvalue weighted by molar-refractivity contribution is 7.13. The van der Waals surface area contributed by atoms with Crippen LogP contribution in [-0.2, 0) is 6.54 Å². The maximum Gasteiger partial charge on any atom is 0.325 e. The van der Waals surface area contributed by atoms with Gasteiger partial charge in [-0.1, -0.05) is 12.0 Å². The maximum atomic E-state index is 12.2. The van der Waals surface area contributed by atoms with Gasteiger partial charge in [0.2, 0.25) is 0 Å². The molecule has 2 aromatic rings. The molecule has 0 unspecified atom stereocenters. The molecule has 0 radical (unpaired) electrons. The van der Waals surface area contributed by atoms with Crippen LogP contribution in [0.3, 0.4) is 0 Å². The molecule has 1 aromatic heterocycles. The lowest BCUT2D eigenvalue weighted by atomic mass is 10.1. The Morgan fingerprint density at radius 3 is 2.80 bits per heavy atom. The highest BCUT2D eigenvalue weighted by Crippen LogP contribution is 2.18. The number of carbonyl (C=O) groups is 1. The molecule has 0 saturated heterocycles. The van der Waals surface area contributed by atoms with Gasteiger partial charge in [0.05, 0.1) is 5.69 Å². The molecule has 0 aliphatic carbocycles. The van der Waals surface area contributed by atoms with Gasteiger partial charge in [-0.3, -0.25) is 10.2 Å². The molecule has 25 heavy (non-hydrogen) atoms. The summed E-state index contributed by atoms with van der Waals surface area (Å²) in [6.07, 6.45) is 0. The van der Waals surface area contributed by atoms with Gasteiger partial charge >= 0.3 is 6.03 Å². The molecule has 5 nitrogen and oxygen atoms in total. The fourth-order valence-electron chi connectivity index (χ4n) is 2.10. The third kappa shape index (κ3) is 5.59. The number of rotatable bonds is 5. The van der Waals surface area contributed by atoms with Gasteiger partial charge in [0, 0.05) is 29.2 Å². The first kappa shape index (κ1) is 19.0. The normalized spacial score (nSPS) is 10.5. The van der Waals surface area contributed by atoms with Gasteiger partial charge < -0.3 is 5.32 Å². The second kappa shape index (κ2) is 8.65. The lowest BCUT2D eigenvalue weighted by Gasteiger charge is -2.19. The van der Waals surface area contributed by atoms with Gasteiger partial charge in [-0.05, 0) is 52.4 Å². The zero-order valence-corrected chi connectivity index (χ0v) is 16.1. The van der Waals surface area contributed by atoms with Crippen LogP contribution in [0, 0.1) is 18.8 Å². The molecule has 0 aliphatic heterocycles. The van der Waals surface area contributed by atoms with Crippen molar-refractivity contribution < 1.29 is 4.79 Å². The van der Waals surface area contributed by atoms with Crippen LogP contribution in [0.4, 0.5) is 15.6 Å². The third-order valence-electron chi connectivity index (χ3n) is 3.82. The molecular weight excluding hydrogens is 332 g/mol. The van der Waals surface area contributed by atoms with Crippen molar-refractivity contribution in [3.63, 3.8) is 0 Å². The lowest BCUT2D eigenvalue weighted by molar-refractivity contribution is 0.261. The summed E-state index contributed by atoms with van der Waals surface area (Å²) >= 11 is 1.42. The molecule has 2 amide bonds. The van der Waals surface area contributed by atoms with Crippen LogP contribution in [0.25, 0.3) is 0 Å². The number of aryl methyl sites for hydroxylation is 1. The van der Waals surface area contributed by atoms with Crippen LogP contribution >= 0.6 is 11.3 Å². The molecule has 6 heteroatoms. The van der Waals surface area contributed by atoms with Crippen molar-refractivity contribution in [3.8, 4) is 11.8 Å². The van der Waals surface area contributed by atoms with Crippen molar-refractivity contribution in [3.05, 3.63) is 40.4 Å². The second-order valence-corrected chi connectivity index (χ2v) is 6.99. The van der Waals surface area contributed by atoms with E-state index < -0.39 is 0 Å². The van der Waals surface area contributed by atoms with Gasteiger partial charge in [0.15, 0.2) is 5.13 Å². The second-order valence-electron chi connectivity index (χ2n) is 6.14. The van der Waals surface area contributed by atoms with Crippen molar-refractivity contribution in [2.75, 3.05) is 17.7 Å². The van der Waals surface area contributed by atoms with Crippen LogP contribution in [-0.4, -0.2) is 29.0 Å². The number of nitrogens with one attached hydrogen (secondary N) is 2. The zero-order chi connectivity index (χ0) is 18.4. The third-order valence-corrected chi connectivity index (χ3v) is 4.63. The van der Waals surface area contributed by atoms with E-state index in [1.165, 1.54) is 11.3 Å². The molecular formula is C19H24N4OS. The van der Waals surface area contributed by atoms with E-state index in [1.807, 2.05) is 30.5 Å². The average Bonchev–Trinajstić information content (AvgIpc) is 2.97. The average molecular weight is 356 g/mol. The molecule has 0 spiro atoms. The Morgan fingerprint density at radius 2 is 2.12 bits per heavy atom. The SMILES string of the molecule is CC#Cc1cc(NC(=O)Nc2nc(CN(C)C(C)C)cs2)ccc1C. The minimum absolute atomic E-state index is 0.308. The van der Waals surface area contributed by atoms with Crippen LogP contribution < -0.4 is 10.6 Å². The molecule has 1 aromatic carbocycles. The monoisotopic (exact) mass is 356 g/mol. The number of hydrogen-bond acceptors (Lipinski definition) is 4. The first-order valence-electron chi connectivity index (χ1n) is 8.15. The van der Waals surface area contributed by atoms with E-state index in [1.54, 1.807) is 6.92 Å². The number of urea groups is 1. The Hall–Kier alpha value is -2.36. The van der Waals surface area contributed by atoms with Crippen molar-refractivity contribution >= 4 is 28.2 Å². The summed E-state index contributed by atoms with van der Waals surface area (Å²) < 4.78 is 0. The van der Waals surface area contributed by atoms with E-state index in [0.717, 1.165) is 23.4 Å². The Bertz CT molecular complexity index is 801. The summed E-state index contributed by atoms with van der Waals surface area (Å²) in [4.78, 5) is 18.8. The number of hydrogen-bond donors (Lipinski definition) is 2. The summed E-state index contributed by atoms with van der Waals surface area (Å²) in [5.74, 6) is 5.91. The van der Waals surface area contributed by atoms with E-state index >= 15 is 0 Å². The Balaban J connectivity index is 1.97. The van der Waals surface area contributed by atoms with Crippen LogP contribution in [0.2, 0.25) is 0 Å². The molecule has 0 saturated carbocycles. The number of nitrogens with zero attached hydrogens (tertiary/aromatic N) is 2. The molecule has 0 aliphatic rings. The molecule has 0 atom stereocenters. The van der Waals surface area contributed by atoms with E-state index in [9.17, 15) is 4.79 Å². The molecule has 1 heterocycles. The largest absolute Gasteiger partial charge is 0.325 e. The van der Waals surface area contributed by atoms with Gasteiger partial charge in [0.1, 0.15) is 0 Å². The van der Waals surface area contributed by atoms with Crippen LogP contribution in [0.5, 0.6) is 0 Å². The number of anilines is 2. The van der Waals surface area contributed by atoms with E-state index in [2.05, 4.69) is 53.3 Å². The predicted molar refractivity (Wildman–Crippen MR) is 105 cm³/mol. The quantitative estimate of drug-likeness (QED) is 0.785. The fraction of sp³-hybridized carbons (Fsp3) is 0.368. The van der Waals surface area contributed by atoms with E-state index in [0.29, 0.717) is 16.9 Å². The zero-order valence-electron chi connectivity index (χ0n) is 15.3. The van der Waals surface area contributed by atoms with Gasteiger partial charge in [-0.2, -0.15) is 0 Å². The molecule has 132 valence electrons. The van der Waals surface area contributed by atoms with Gasteiger partial charge in [-0.25, -0.2) is 9.78 Å². The first-order valence-corrected chi connectivity index (χ1v) is 9.03. The van der Waals surface area contributed by atoms with Gasteiger partial charge in [-0.15, -0.1) is 17.3 Å². The van der Waals surface area contributed by atoms with E-state index in [-0.39, 0.29) is 6.03 Å². The summed E-state index contributed by atoms with van der Waals surface area (Å²) in [5, 5.41) is 8.16. The van der Waals surface area contributed by atoms with E-state index in [4.69, 9.17) is 0 Å².